The molecule has 0 fully saturated rings. The van der Waals surface area contributed by atoms with Crippen LogP contribution in [-0.2, 0) is 6.61 Å². The summed E-state index contributed by atoms with van der Waals surface area (Å²) >= 11 is 0. The third kappa shape index (κ3) is 4.22. The van der Waals surface area contributed by atoms with Crippen molar-refractivity contribution in [1.29, 1.82) is 0 Å². The summed E-state index contributed by atoms with van der Waals surface area (Å²) in [6, 6.07) is 25.0. The number of rotatable bonds is 6. The molecule has 4 heteroatoms. The van der Waals surface area contributed by atoms with Crippen molar-refractivity contribution >= 4 is 23.1 Å². The molecule has 3 aromatic carbocycles. The third-order valence-electron chi connectivity index (χ3n) is 4.61. The maximum absolute atomic E-state index is 10.0. The van der Waals surface area contributed by atoms with E-state index >= 15 is 0 Å². The number of pyridine rings is 1. The summed E-state index contributed by atoms with van der Waals surface area (Å²) in [7, 11) is 1.63. The lowest BCUT2D eigenvalue weighted by Gasteiger charge is -2.13. The van der Waals surface area contributed by atoms with Crippen molar-refractivity contribution in [3.63, 3.8) is 0 Å². The molecule has 4 rings (SSSR count). The third-order valence-corrected chi connectivity index (χ3v) is 4.61. The standard InChI is InChI=1S/C25H21NO3/c1-28-23-12-6-10-20(25(23)29-17-18-7-3-2-4-8-18)14-16-21-15-13-19-9-5-11-22(27)24(19)26-21/h2-16,27H,17H2,1H3. The minimum atomic E-state index is 0.172. The van der Waals surface area contributed by atoms with E-state index in [-0.39, 0.29) is 5.75 Å². The first-order valence-electron chi connectivity index (χ1n) is 9.35. The lowest BCUT2D eigenvalue weighted by molar-refractivity contribution is 0.284. The Morgan fingerprint density at radius 1 is 0.862 bits per heavy atom. The first-order chi connectivity index (χ1) is 14.2. The van der Waals surface area contributed by atoms with Gasteiger partial charge in [-0.05, 0) is 35.9 Å². The maximum atomic E-state index is 10.0. The molecule has 0 bridgehead atoms. The predicted molar refractivity (Wildman–Crippen MR) is 116 cm³/mol. The van der Waals surface area contributed by atoms with Crippen molar-refractivity contribution in [2.75, 3.05) is 7.11 Å². The topological polar surface area (TPSA) is 51.6 Å². The fourth-order valence-electron chi connectivity index (χ4n) is 3.12. The molecule has 1 N–H and O–H groups in total. The summed E-state index contributed by atoms with van der Waals surface area (Å²) in [5, 5.41) is 10.9. The summed E-state index contributed by atoms with van der Waals surface area (Å²) in [4.78, 5) is 4.55. The highest BCUT2D eigenvalue weighted by atomic mass is 16.5. The van der Waals surface area contributed by atoms with Crippen LogP contribution < -0.4 is 9.47 Å². The Balaban J connectivity index is 1.63. The van der Waals surface area contributed by atoms with Gasteiger partial charge in [0.15, 0.2) is 11.5 Å². The fraction of sp³-hybridized carbons (Fsp3) is 0.0800. The number of hydrogen-bond acceptors (Lipinski definition) is 4. The van der Waals surface area contributed by atoms with Crippen LogP contribution in [-0.4, -0.2) is 17.2 Å². The largest absolute Gasteiger partial charge is 0.506 e. The highest BCUT2D eigenvalue weighted by Crippen LogP contribution is 2.33. The average Bonchev–Trinajstić information content (AvgIpc) is 2.77. The van der Waals surface area contributed by atoms with Gasteiger partial charge in [-0.15, -0.1) is 0 Å². The molecule has 0 unspecified atom stereocenters. The SMILES string of the molecule is COc1cccc(C=Cc2ccc3cccc(O)c3n2)c1OCc1ccccc1. The number of hydrogen-bond donors (Lipinski definition) is 1. The maximum Gasteiger partial charge on any atom is 0.168 e. The molecule has 4 aromatic rings. The van der Waals surface area contributed by atoms with Gasteiger partial charge < -0.3 is 14.6 Å². The molecule has 4 nitrogen and oxygen atoms in total. The molecule has 0 atom stereocenters. The number of aromatic nitrogens is 1. The van der Waals surface area contributed by atoms with Gasteiger partial charge in [0.2, 0.25) is 0 Å². The van der Waals surface area contributed by atoms with E-state index in [2.05, 4.69) is 4.98 Å². The minimum absolute atomic E-state index is 0.172. The number of para-hydroxylation sites is 2. The quantitative estimate of drug-likeness (QED) is 0.464. The summed E-state index contributed by atoms with van der Waals surface area (Å²) in [6.07, 6.45) is 3.84. The molecular weight excluding hydrogens is 362 g/mol. The summed E-state index contributed by atoms with van der Waals surface area (Å²) in [5.41, 5.74) is 3.30. The van der Waals surface area contributed by atoms with E-state index in [1.54, 1.807) is 13.2 Å². The number of phenolic OH excluding ortho intramolecular Hbond substituents is 1. The van der Waals surface area contributed by atoms with E-state index in [1.165, 1.54) is 0 Å². The van der Waals surface area contributed by atoms with Crippen LogP contribution in [0.5, 0.6) is 17.2 Å². The first-order valence-corrected chi connectivity index (χ1v) is 9.35. The van der Waals surface area contributed by atoms with E-state index in [9.17, 15) is 5.11 Å². The molecule has 0 saturated heterocycles. The Morgan fingerprint density at radius 2 is 1.69 bits per heavy atom. The van der Waals surface area contributed by atoms with Crippen LogP contribution in [0.4, 0.5) is 0 Å². The van der Waals surface area contributed by atoms with Crippen molar-refractivity contribution in [3.05, 3.63) is 95.7 Å². The lowest BCUT2D eigenvalue weighted by Crippen LogP contribution is -1.99. The van der Waals surface area contributed by atoms with E-state index in [1.807, 2.05) is 84.9 Å². The summed E-state index contributed by atoms with van der Waals surface area (Å²) in [6.45, 7) is 0.449. The van der Waals surface area contributed by atoms with Crippen molar-refractivity contribution in [3.8, 4) is 17.2 Å². The number of aromatic hydroxyl groups is 1. The second kappa shape index (κ2) is 8.48. The van der Waals surface area contributed by atoms with Gasteiger partial charge in [0.1, 0.15) is 17.9 Å². The minimum Gasteiger partial charge on any atom is -0.506 e. The van der Waals surface area contributed by atoms with Crippen molar-refractivity contribution in [1.82, 2.24) is 4.98 Å². The van der Waals surface area contributed by atoms with Gasteiger partial charge >= 0.3 is 0 Å². The van der Waals surface area contributed by atoms with Crippen LogP contribution in [0.1, 0.15) is 16.8 Å². The highest BCUT2D eigenvalue weighted by molar-refractivity contribution is 5.86. The molecule has 1 aromatic heterocycles. The molecule has 0 aliphatic carbocycles. The number of benzene rings is 3. The van der Waals surface area contributed by atoms with Gasteiger partial charge in [-0.25, -0.2) is 4.98 Å². The van der Waals surface area contributed by atoms with Gasteiger partial charge in [-0.2, -0.15) is 0 Å². The Hall–Kier alpha value is -3.79. The smallest absolute Gasteiger partial charge is 0.168 e. The first kappa shape index (κ1) is 18.6. The molecule has 0 spiro atoms. The zero-order chi connectivity index (χ0) is 20.1. The van der Waals surface area contributed by atoms with Gasteiger partial charge in [-0.1, -0.05) is 60.7 Å². The van der Waals surface area contributed by atoms with E-state index in [0.29, 0.717) is 23.6 Å². The average molecular weight is 383 g/mol. The number of fused-ring (bicyclic) bond motifs is 1. The molecular formula is C25H21NO3. The number of nitrogens with zero attached hydrogens (tertiary/aromatic N) is 1. The summed E-state index contributed by atoms with van der Waals surface area (Å²) < 4.78 is 11.6. The Kier molecular flexibility index (Phi) is 5.43. The molecule has 0 aliphatic heterocycles. The highest BCUT2D eigenvalue weighted by Gasteiger charge is 2.09. The molecule has 0 amide bonds. The second-order valence-electron chi connectivity index (χ2n) is 6.57. The molecule has 0 radical (unpaired) electrons. The van der Waals surface area contributed by atoms with E-state index in [4.69, 9.17) is 9.47 Å². The number of phenols is 1. The lowest BCUT2D eigenvalue weighted by atomic mass is 10.1. The van der Waals surface area contributed by atoms with E-state index in [0.717, 1.165) is 22.2 Å². The fourth-order valence-corrected chi connectivity index (χ4v) is 3.12. The van der Waals surface area contributed by atoms with Crippen molar-refractivity contribution in [2.24, 2.45) is 0 Å². The second-order valence-corrected chi connectivity index (χ2v) is 6.57. The Labute approximate surface area is 169 Å². The number of ether oxygens (including phenoxy) is 2. The molecule has 144 valence electrons. The van der Waals surface area contributed by atoms with Crippen molar-refractivity contribution < 1.29 is 14.6 Å². The van der Waals surface area contributed by atoms with Crippen LogP contribution in [0.3, 0.4) is 0 Å². The Morgan fingerprint density at radius 3 is 2.52 bits per heavy atom. The van der Waals surface area contributed by atoms with Crippen LogP contribution in [0.2, 0.25) is 0 Å². The summed E-state index contributed by atoms with van der Waals surface area (Å²) in [5.74, 6) is 1.52. The van der Waals surface area contributed by atoms with Gasteiger partial charge in [0, 0.05) is 10.9 Å². The zero-order valence-electron chi connectivity index (χ0n) is 16.1. The van der Waals surface area contributed by atoms with Crippen LogP contribution in [0.25, 0.3) is 23.1 Å². The molecule has 1 heterocycles. The Bertz CT molecular complexity index is 1150. The van der Waals surface area contributed by atoms with Gasteiger partial charge in [0.05, 0.1) is 12.8 Å². The zero-order valence-corrected chi connectivity index (χ0v) is 16.1. The molecule has 0 saturated carbocycles. The van der Waals surface area contributed by atoms with Gasteiger partial charge in [-0.3, -0.25) is 0 Å². The number of methoxy groups -OCH3 is 1. The predicted octanol–water partition coefficient (Wildman–Crippen LogP) is 5.70. The molecule has 0 aliphatic rings. The van der Waals surface area contributed by atoms with Crippen molar-refractivity contribution in [2.45, 2.75) is 6.61 Å². The van der Waals surface area contributed by atoms with E-state index < -0.39 is 0 Å². The van der Waals surface area contributed by atoms with Crippen LogP contribution in [0, 0.1) is 0 Å². The van der Waals surface area contributed by atoms with Crippen LogP contribution in [0.15, 0.2) is 78.9 Å². The van der Waals surface area contributed by atoms with Crippen LogP contribution >= 0.6 is 0 Å². The van der Waals surface area contributed by atoms with Gasteiger partial charge in [0.25, 0.3) is 0 Å². The monoisotopic (exact) mass is 383 g/mol. The normalized spacial score (nSPS) is 11.1. The molecule has 29 heavy (non-hydrogen) atoms.